The van der Waals surface area contributed by atoms with E-state index in [-0.39, 0.29) is 11.7 Å². The predicted molar refractivity (Wildman–Crippen MR) is 67.5 cm³/mol. The summed E-state index contributed by atoms with van der Waals surface area (Å²) in [5.41, 5.74) is 0.713. The minimum Gasteiger partial charge on any atom is -0.332 e. The molecule has 17 heavy (non-hydrogen) atoms. The molecule has 6 nitrogen and oxygen atoms in total. The Labute approximate surface area is 107 Å². The fourth-order valence-corrected chi connectivity index (χ4v) is 1.96. The smallest absolute Gasteiger partial charge is 0.240 e. The zero-order chi connectivity index (χ0) is 12.1. The molecule has 0 spiro atoms. The van der Waals surface area contributed by atoms with Crippen LogP contribution in [-0.4, -0.2) is 31.6 Å². The van der Waals surface area contributed by atoms with E-state index in [1.807, 2.05) is 0 Å². The van der Waals surface area contributed by atoms with Crippen LogP contribution in [0.3, 0.4) is 0 Å². The van der Waals surface area contributed by atoms with E-state index in [4.69, 9.17) is 0 Å². The number of carbonyl (C=O) groups is 1. The maximum Gasteiger partial charge on any atom is 0.240 e. The number of aromatic nitrogens is 4. The van der Waals surface area contributed by atoms with E-state index in [0.29, 0.717) is 11.5 Å². The summed E-state index contributed by atoms with van der Waals surface area (Å²) in [7, 11) is 0. The van der Waals surface area contributed by atoms with E-state index in [1.54, 1.807) is 18.5 Å². The Kier molecular flexibility index (Phi) is 3.99. The Morgan fingerprint density at radius 3 is 3.12 bits per heavy atom. The largest absolute Gasteiger partial charge is 0.332 e. The third-order valence-electron chi connectivity index (χ3n) is 1.86. The Bertz CT molecular complexity index is 501. The molecule has 0 aliphatic carbocycles. The zero-order valence-corrected chi connectivity index (χ0v) is 10.3. The highest BCUT2D eigenvalue weighted by molar-refractivity contribution is 8.00. The molecule has 1 amide bonds. The van der Waals surface area contributed by atoms with Crippen LogP contribution in [0, 0.1) is 0 Å². The number of thioether (sulfide) groups is 1. The van der Waals surface area contributed by atoms with Gasteiger partial charge in [0.1, 0.15) is 12.0 Å². The number of nitrogens with zero attached hydrogens (tertiary/aromatic N) is 3. The van der Waals surface area contributed by atoms with E-state index in [0.717, 1.165) is 5.03 Å². The van der Waals surface area contributed by atoms with Gasteiger partial charge in [-0.1, -0.05) is 24.6 Å². The quantitative estimate of drug-likeness (QED) is 0.567. The van der Waals surface area contributed by atoms with Crippen LogP contribution in [-0.2, 0) is 4.79 Å². The van der Waals surface area contributed by atoms with Gasteiger partial charge in [0.25, 0.3) is 0 Å². The molecule has 0 radical (unpaired) electrons. The monoisotopic (exact) mass is 267 g/mol. The molecular formula is C9H9N5OS2. The van der Waals surface area contributed by atoms with E-state index >= 15 is 0 Å². The highest BCUT2D eigenvalue weighted by Gasteiger charge is 2.06. The molecule has 0 unspecified atom stereocenters. The van der Waals surface area contributed by atoms with Gasteiger partial charge >= 0.3 is 0 Å². The molecule has 2 N–H and O–H groups in total. The summed E-state index contributed by atoms with van der Waals surface area (Å²) in [6, 6.07) is 1.76. The molecule has 2 heterocycles. The van der Waals surface area contributed by atoms with Crippen LogP contribution in [0.5, 0.6) is 0 Å². The van der Waals surface area contributed by atoms with Gasteiger partial charge in [-0.3, -0.25) is 4.79 Å². The summed E-state index contributed by atoms with van der Waals surface area (Å²) in [5.74, 6) is 0.784. The Morgan fingerprint density at radius 1 is 1.53 bits per heavy atom. The number of H-pyrrole nitrogens is 1. The molecule has 0 aliphatic rings. The zero-order valence-electron chi connectivity index (χ0n) is 8.62. The Balaban J connectivity index is 2.04. The van der Waals surface area contributed by atoms with Crippen molar-refractivity contribution in [2.45, 2.75) is 5.03 Å². The fourth-order valence-electron chi connectivity index (χ4n) is 1.11. The van der Waals surface area contributed by atoms with Gasteiger partial charge in [0.05, 0.1) is 17.0 Å². The first kappa shape index (κ1) is 11.9. The lowest BCUT2D eigenvalue weighted by molar-refractivity contribution is -0.116. The van der Waals surface area contributed by atoms with Gasteiger partial charge in [0.2, 0.25) is 5.91 Å². The van der Waals surface area contributed by atoms with Gasteiger partial charge < -0.3 is 9.71 Å². The van der Waals surface area contributed by atoms with Gasteiger partial charge in [-0.25, -0.2) is 15.0 Å². The average Bonchev–Trinajstić information content (AvgIpc) is 2.86. The highest BCUT2D eigenvalue weighted by atomic mass is 32.2. The number of nitrogens with one attached hydrogen (secondary N) is 2. The number of imidazole rings is 1. The summed E-state index contributed by atoms with van der Waals surface area (Å²) in [6.45, 7) is 0. The summed E-state index contributed by atoms with van der Waals surface area (Å²) in [6.07, 6.45) is 4.76. The molecule has 8 heteroatoms. The summed E-state index contributed by atoms with van der Waals surface area (Å²) >= 11 is 5.01. The first-order valence-corrected chi connectivity index (χ1v) is 6.10. The lowest BCUT2D eigenvalue weighted by Gasteiger charge is -1.96. The lowest BCUT2D eigenvalue weighted by Crippen LogP contribution is -2.14. The van der Waals surface area contributed by atoms with Crippen LogP contribution < -0.4 is 4.72 Å². The molecule has 2 aromatic rings. The van der Waals surface area contributed by atoms with Crippen LogP contribution in [0.25, 0.3) is 11.5 Å². The second-order valence-electron chi connectivity index (χ2n) is 3.01. The van der Waals surface area contributed by atoms with Crippen molar-refractivity contribution in [2.24, 2.45) is 0 Å². The molecule has 0 aliphatic heterocycles. The lowest BCUT2D eigenvalue weighted by atomic mass is 10.4. The molecule has 2 rings (SSSR count). The van der Waals surface area contributed by atoms with Crippen LogP contribution in [0.4, 0.5) is 0 Å². The third kappa shape index (κ3) is 3.21. The number of thiol groups is 1. The van der Waals surface area contributed by atoms with Gasteiger partial charge in [0.15, 0.2) is 5.82 Å². The van der Waals surface area contributed by atoms with Crippen molar-refractivity contribution in [1.82, 2.24) is 24.7 Å². The molecular weight excluding hydrogens is 258 g/mol. The molecule has 0 saturated heterocycles. The van der Waals surface area contributed by atoms with E-state index in [9.17, 15) is 4.79 Å². The second-order valence-corrected chi connectivity index (χ2v) is 4.26. The number of hydrogen-bond donors (Lipinski definition) is 3. The number of carbonyl (C=O) groups excluding carboxylic acids is 1. The van der Waals surface area contributed by atoms with Gasteiger partial charge in [-0.2, -0.15) is 0 Å². The van der Waals surface area contributed by atoms with Crippen molar-refractivity contribution in [2.75, 3.05) is 5.75 Å². The highest BCUT2D eigenvalue weighted by Crippen LogP contribution is 2.19. The van der Waals surface area contributed by atoms with Crippen LogP contribution in [0.2, 0.25) is 0 Å². The van der Waals surface area contributed by atoms with Crippen molar-refractivity contribution < 1.29 is 4.79 Å². The molecule has 2 aromatic heterocycles. The van der Waals surface area contributed by atoms with Crippen molar-refractivity contribution in [1.29, 1.82) is 0 Å². The van der Waals surface area contributed by atoms with Gasteiger partial charge in [-0.15, -0.1) is 0 Å². The standard InChI is InChI=1S/C9H9N5OS2/c15-7(14-16)4-17-8-3-11-9(13-8)6-1-2-10-5-12-6/h1-3,5,16H,4H2,(H,11,13)(H,14,15). The van der Waals surface area contributed by atoms with E-state index in [2.05, 4.69) is 37.5 Å². The Morgan fingerprint density at radius 2 is 2.41 bits per heavy atom. The predicted octanol–water partition coefficient (Wildman–Crippen LogP) is 0.920. The number of aromatic amines is 1. The van der Waals surface area contributed by atoms with Crippen molar-refractivity contribution >= 4 is 30.5 Å². The molecule has 0 aromatic carbocycles. The summed E-state index contributed by atoms with van der Waals surface area (Å²) < 4.78 is 2.25. The molecule has 0 fully saturated rings. The minimum absolute atomic E-state index is 0.156. The minimum atomic E-state index is -0.156. The second kappa shape index (κ2) is 5.69. The summed E-state index contributed by atoms with van der Waals surface area (Å²) in [4.78, 5) is 26.1. The van der Waals surface area contributed by atoms with E-state index < -0.39 is 0 Å². The van der Waals surface area contributed by atoms with Gasteiger partial charge in [-0.05, 0) is 6.07 Å². The molecule has 0 bridgehead atoms. The maximum atomic E-state index is 11.0. The van der Waals surface area contributed by atoms with Crippen LogP contribution in [0.15, 0.2) is 29.8 Å². The first-order chi connectivity index (χ1) is 8.29. The SMILES string of the molecule is O=C(CSc1cnc(-c2ccncn2)[nH]1)NS. The average molecular weight is 267 g/mol. The first-order valence-electron chi connectivity index (χ1n) is 4.66. The van der Waals surface area contributed by atoms with Crippen LogP contribution in [0.1, 0.15) is 0 Å². The fraction of sp³-hybridized carbons (Fsp3) is 0.111. The van der Waals surface area contributed by atoms with Crippen molar-refractivity contribution in [3.8, 4) is 11.5 Å². The maximum absolute atomic E-state index is 11.0. The summed E-state index contributed by atoms with van der Waals surface area (Å²) in [5, 5.41) is 0.801. The van der Waals surface area contributed by atoms with E-state index in [1.165, 1.54) is 18.1 Å². The molecule has 88 valence electrons. The number of hydrogen-bond acceptors (Lipinski definition) is 6. The van der Waals surface area contributed by atoms with Gasteiger partial charge in [0, 0.05) is 6.20 Å². The Hall–Kier alpha value is -1.54. The third-order valence-corrected chi connectivity index (χ3v) is 3.03. The number of rotatable bonds is 4. The molecule has 0 saturated carbocycles. The van der Waals surface area contributed by atoms with Crippen molar-refractivity contribution in [3.63, 3.8) is 0 Å². The topological polar surface area (TPSA) is 83.6 Å². The normalized spacial score (nSPS) is 10.2. The van der Waals surface area contributed by atoms with Crippen LogP contribution >= 0.6 is 24.6 Å². The number of amides is 1. The molecule has 0 atom stereocenters. The van der Waals surface area contributed by atoms with Crippen molar-refractivity contribution in [3.05, 3.63) is 24.8 Å².